The van der Waals surface area contributed by atoms with Crippen molar-refractivity contribution in [3.05, 3.63) is 181 Å². The van der Waals surface area contributed by atoms with Crippen LogP contribution in [-0.2, 0) is 5.41 Å². The van der Waals surface area contributed by atoms with Crippen LogP contribution in [0.2, 0.25) is 0 Å². The summed E-state index contributed by atoms with van der Waals surface area (Å²) in [7, 11) is 0. The van der Waals surface area contributed by atoms with Crippen molar-refractivity contribution in [2.24, 2.45) is 0 Å². The van der Waals surface area contributed by atoms with E-state index in [0.717, 1.165) is 83.1 Å². The number of oxazole rings is 1. The molecule has 0 unspecified atom stereocenters. The number of nitrogens with zero attached hydrogens (tertiary/aromatic N) is 2. The van der Waals surface area contributed by atoms with Crippen molar-refractivity contribution in [3.63, 3.8) is 0 Å². The SMILES string of the molecule is CC1(C)c2ccccc2-c2c(N(c3ccc(-c4c5oc(-c6ccccc6)nc5cc5c4oc4ccccc45)cc3)c3ccc4oc5ccccc5c4c3)cccc21. The van der Waals surface area contributed by atoms with Gasteiger partial charge in [0, 0.05) is 49.5 Å². The van der Waals surface area contributed by atoms with Crippen LogP contribution in [-0.4, -0.2) is 4.98 Å². The Morgan fingerprint density at radius 3 is 1.95 bits per heavy atom. The third-order valence-corrected chi connectivity index (χ3v) is 11.9. The first-order valence-corrected chi connectivity index (χ1v) is 19.4. The topological polar surface area (TPSA) is 55.6 Å². The van der Waals surface area contributed by atoms with Gasteiger partial charge in [-0.2, -0.15) is 0 Å². The molecule has 57 heavy (non-hydrogen) atoms. The Labute approximate surface area is 328 Å². The van der Waals surface area contributed by atoms with E-state index in [-0.39, 0.29) is 5.41 Å². The number of aromatic nitrogens is 1. The summed E-state index contributed by atoms with van der Waals surface area (Å²) in [6.45, 7) is 4.66. The van der Waals surface area contributed by atoms with E-state index in [1.165, 1.54) is 22.3 Å². The largest absolute Gasteiger partial charge is 0.456 e. The highest BCUT2D eigenvalue weighted by atomic mass is 16.4. The summed E-state index contributed by atoms with van der Waals surface area (Å²) in [5.74, 6) is 0.579. The summed E-state index contributed by atoms with van der Waals surface area (Å²) in [5, 5.41) is 4.23. The van der Waals surface area contributed by atoms with E-state index in [4.69, 9.17) is 18.2 Å². The first-order valence-electron chi connectivity index (χ1n) is 19.4. The second-order valence-corrected chi connectivity index (χ2v) is 15.5. The van der Waals surface area contributed by atoms with Gasteiger partial charge in [0.05, 0.1) is 11.3 Å². The van der Waals surface area contributed by atoms with Crippen LogP contribution >= 0.6 is 0 Å². The molecule has 0 saturated carbocycles. The van der Waals surface area contributed by atoms with E-state index in [2.05, 4.69) is 128 Å². The number of hydrogen-bond acceptors (Lipinski definition) is 5. The summed E-state index contributed by atoms with van der Waals surface area (Å²) in [5.41, 5.74) is 15.8. The van der Waals surface area contributed by atoms with Crippen LogP contribution in [0.4, 0.5) is 17.1 Å². The molecule has 0 aliphatic heterocycles. The second-order valence-electron chi connectivity index (χ2n) is 15.5. The van der Waals surface area contributed by atoms with Crippen LogP contribution in [0, 0.1) is 0 Å². The lowest BCUT2D eigenvalue weighted by atomic mass is 9.82. The maximum atomic E-state index is 6.64. The Hall–Kier alpha value is -7.37. The van der Waals surface area contributed by atoms with Gasteiger partial charge in [-0.25, -0.2) is 4.98 Å². The zero-order valence-electron chi connectivity index (χ0n) is 31.3. The molecular formula is C52H34N2O3. The molecule has 0 amide bonds. The average molecular weight is 735 g/mol. The van der Waals surface area contributed by atoms with E-state index in [1.807, 2.05) is 60.7 Å². The van der Waals surface area contributed by atoms with Crippen LogP contribution in [0.15, 0.2) is 183 Å². The van der Waals surface area contributed by atoms with Crippen molar-refractivity contribution >= 4 is 72.0 Å². The minimum absolute atomic E-state index is 0.144. The summed E-state index contributed by atoms with van der Waals surface area (Å²) < 4.78 is 19.6. The van der Waals surface area contributed by atoms with Gasteiger partial charge in [-0.3, -0.25) is 0 Å². The predicted molar refractivity (Wildman–Crippen MR) is 232 cm³/mol. The summed E-state index contributed by atoms with van der Waals surface area (Å²) >= 11 is 0. The smallest absolute Gasteiger partial charge is 0.227 e. The average Bonchev–Trinajstić information content (AvgIpc) is 4.01. The number of hydrogen-bond donors (Lipinski definition) is 0. The van der Waals surface area contributed by atoms with Crippen molar-refractivity contribution in [1.82, 2.24) is 4.98 Å². The van der Waals surface area contributed by atoms with Crippen LogP contribution in [0.25, 0.3) is 88.7 Å². The first kappa shape index (κ1) is 31.9. The van der Waals surface area contributed by atoms with Gasteiger partial charge >= 0.3 is 0 Å². The van der Waals surface area contributed by atoms with Crippen molar-refractivity contribution in [3.8, 4) is 33.7 Å². The van der Waals surface area contributed by atoms with Gasteiger partial charge in [0.1, 0.15) is 27.8 Å². The molecule has 270 valence electrons. The van der Waals surface area contributed by atoms with Crippen LogP contribution in [0.1, 0.15) is 25.0 Å². The lowest BCUT2D eigenvalue weighted by Crippen LogP contribution is -2.16. The highest BCUT2D eigenvalue weighted by molar-refractivity contribution is 6.17. The molecule has 0 radical (unpaired) electrons. The van der Waals surface area contributed by atoms with Gasteiger partial charge in [-0.05, 0) is 89.0 Å². The van der Waals surface area contributed by atoms with Gasteiger partial charge in [-0.1, -0.05) is 117 Å². The maximum Gasteiger partial charge on any atom is 0.227 e. The highest BCUT2D eigenvalue weighted by Gasteiger charge is 2.37. The molecule has 0 spiro atoms. The monoisotopic (exact) mass is 734 g/mol. The Bertz CT molecular complexity index is 3380. The molecule has 3 heterocycles. The number of anilines is 3. The molecule has 5 nitrogen and oxygen atoms in total. The summed E-state index contributed by atoms with van der Waals surface area (Å²) in [4.78, 5) is 7.40. The molecule has 0 N–H and O–H groups in total. The molecule has 5 heteroatoms. The van der Waals surface area contributed by atoms with E-state index in [0.29, 0.717) is 11.5 Å². The van der Waals surface area contributed by atoms with E-state index < -0.39 is 0 Å². The fourth-order valence-corrected chi connectivity index (χ4v) is 9.19. The summed E-state index contributed by atoms with van der Waals surface area (Å²) in [6, 6.07) is 59.5. The van der Waals surface area contributed by atoms with Gasteiger partial charge in [0.2, 0.25) is 5.89 Å². The quantitative estimate of drug-likeness (QED) is 0.176. The van der Waals surface area contributed by atoms with E-state index >= 15 is 0 Å². The minimum atomic E-state index is -0.144. The Morgan fingerprint density at radius 2 is 1.12 bits per heavy atom. The molecular weight excluding hydrogens is 701 g/mol. The van der Waals surface area contributed by atoms with Gasteiger partial charge in [-0.15, -0.1) is 0 Å². The van der Waals surface area contributed by atoms with Crippen molar-refractivity contribution in [2.45, 2.75) is 19.3 Å². The Balaban J connectivity index is 1.09. The fourth-order valence-electron chi connectivity index (χ4n) is 9.19. The fraction of sp³-hybridized carbons (Fsp3) is 0.0577. The molecule has 0 fully saturated rings. The summed E-state index contributed by atoms with van der Waals surface area (Å²) in [6.07, 6.45) is 0. The van der Waals surface area contributed by atoms with Crippen LogP contribution in [0.3, 0.4) is 0 Å². The lowest BCUT2D eigenvalue weighted by molar-refractivity contribution is 0.619. The van der Waals surface area contributed by atoms with Gasteiger partial charge in [0.15, 0.2) is 5.58 Å². The van der Waals surface area contributed by atoms with Crippen molar-refractivity contribution in [2.75, 3.05) is 4.90 Å². The maximum absolute atomic E-state index is 6.64. The lowest BCUT2D eigenvalue weighted by Gasteiger charge is -2.29. The molecule has 12 rings (SSSR count). The number of fused-ring (bicyclic) bond motifs is 10. The zero-order valence-corrected chi connectivity index (χ0v) is 31.3. The number of benzene rings is 8. The molecule has 0 atom stereocenters. The van der Waals surface area contributed by atoms with Crippen LogP contribution < -0.4 is 4.90 Å². The van der Waals surface area contributed by atoms with Crippen molar-refractivity contribution < 1.29 is 13.3 Å². The van der Waals surface area contributed by atoms with Gasteiger partial charge < -0.3 is 18.2 Å². The predicted octanol–water partition coefficient (Wildman–Crippen LogP) is 14.7. The Morgan fingerprint density at radius 1 is 0.456 bits per heavy atom. The second kappa shape index (κ2) is 11.8. The molecule has 1 aliphatic rings. The van der Waals surface area contributed by atoms with Gasteiger partial charge in [0.25, 0.3) is 0 Å². The number of furan rings is 2. The minimum Gasteiger partial charge on any atom is -0.456 e. The number of rotatable bonds is 5. The Kier molecular flexibility index (Phi) is 6.62. The highest BCUT2D eigenvalue weighted by Crippen LogP contribution is 2.54. The third kappa shape index (κ3) is 4.66. The number of para-hydroxylation sites is 2. The molecule has 3 aromatic heterocycles. The normalized spacial score (nSPS) is 13.2. The molecule has 8 aromatic carbocycles. The molecule has 11 aromatic rings. The van der Waals surface area contributed by atoms with E-state index in [1.54, 1.807) is 0 Å². The van der Waals surface area contributed by atoms with Crippen molar-refractivity contribution in [1.29, 1.82) is 0 Å². The standard InChI is InChI=1S/C52H34N2O3/c1-52(2)40-18-9-6-17-37(40)48-41(52)19-12-20-43(48)54(34-27-28-46-38(29-34)35-15-7-10-21-44(35)55-46)33-25-23-31(24-26-33)47-49-39(36-16-8-11-22-45(36)56-49)30-42-50(47)57-51(53-42)32-13-4-3-5-14-32/h3-30H,1-2H3. The molecule has 0 bridgehead atoms. The zero-order chi connectivity index (χ0) is 37.8. The first-order chi connectivity index (χ1) is 28.0. The van der Waals surface area contributed by atoms with Crippen LogP contribution in [0.5, 0.6) is 0 Å². The van der Waals surface area contributed by atoms with E-state index in [9.17, 15) is 0 Å². The molecule has 1 aliphatic carbocycles. The third-order valence-electron chi connectivity index (χ3n) is 11.9. The molecule has 0 saturated heterocycles.